The van der Waals surface area contributed by atoms with Crippen LogP contribution >= 0.6 is 0 Å². The molecule has 0 atom stereocenters. The third-order valence-corrected chi connectivity index (χ3v) is 2.65. The molecule has 0 radical (unpaired) electrons. The summed E-state index contributed by atoms with van der Waals surface area (Å²) in [6.07, 6.45) is -0.513. The van der Waals surface area contributed by atoms with Crippen LogP contribution in [0.3, 0.4) is 0 Å². The second-order valence-corrected chi connectivity index (χ2v) is 3.97. The highest BCUT2D eigenvalue weighted by Crippen LogP contribution is 2.28. The number of hydrogen-bond donors (Lipinski definition) is 1. The quantitative estimate of drug-likeness (QED) is 0.924. The van der Waals surface area contributed by atoms with E-state index in [4.69, 9.17) is 5.11 Å². The Labute approximate surface area is 107 Å². The van der Waals surface area contributed by atoms with E-state index in [1.54, 1.807) is 0 Å². The molecule has 0 aliphatic carbocycles. The highest BCUT2D eigenvalue weighted by molar-refractivity contribution is 5.76. The first-order chi connectivity index (χ1) is 8.99. The maximum absolute atomic E-state index is 13.7. The van der Waals surface area contributed by atoms with Crippen molar-refractivity contribution in [1.82, 2.24) is 0 Å². The first-order valence-corrected chi connectivity index (χ1v) is 5.43. The smallest absolute Gasteiger partial charge is 0.307 e. The molecule has 2 aromatic rings. The van der Waals surface area contributed by atoms with E-state index < -0.39 is 29.8 Å². The Kier molecular flexibility index (Phi) is 3.55. The Bertz CT molecular complexity index is 639. The van der Waals surface area contributed by atoms with E-state index in [9.17, 15) is 18.0 Å². The minimum Gasteiger partial charge on any atom is -0.481 e. The summed E-state index contributed by atoms with van der Waals surface area (Å²) in [4.78, 5) is 10.7. The first kappa shape index (κ1) is 13.1. The van der Waals surface area contributed by atoms with E-state index in [-0.39, 0.29) is 16.7 Å². The average Bonchev–Trinajstić information content (AvgIpc) is 2.34. The van der Waals surface area contributed by atoms with Gasteiger partial charge in [0.15, 0.2) is 11.6 Å². The molecule has 0 spiro atoms. The third-order valence-electron chi connectivity index (χ3n) is 2.65. The van der Waals surface area contributed by atoms with Crippen molar-refractivity contribution in [3.8, 4) is 11.1 Å². The molecule has 0 aliphatic rings. The average molecular weight is 266 g/mol. The van der Waals surface area contributed by atoms with Crippen molar-refractivity contribution in [3.05, 3.63) is 59.4 Å². The summed E-state index contributed by atoms with van der Waals surface area (Å²) in [7, 11) is 0. The topological polar surface area (TPSA) is 37.3 Å². The Hall–Kier alpha value is -2.30. The number of carboxylic acid groups (broad SMARTS) is 1. The molecule has 0 unspecified atom stereocenters. The predicted octanol–water partition coefficient (Wildman–Crippen LogP) is 3.40. The van der Waals surface area contributed by atoms with Gasteiger partial charge in [0, 0.05) is 5.56 Å². The van der Waals surface area contributed by atoms with E-state index in [1.807, 2.05) is 0 Å². The molecule has 19 heavy (non-hydrogen) atoms. The molecule has 0 heterocycles. The van der Waals surface area contributed by atoms with Crippen LogP contribution in [0.2, 0.25) is 0 Å². The van der Waals surface area contributed by atoms with Crippen LogP contribution in [0, 0.1) is 17.5 Å². The standard InChI is InChI=1S/C14H9F3O2/c15-11-4-2-1-3-9(11)10-7-13(17)12(16)5-8(10)6-14(18)19/h1-5,7H,6H2,(H,18,19). The van der Waals surface area contributed by atoms with E-state index in [1.165, 1.54) is 24.3 Å². The molecule has 0 fully saturated rings. The summed E-state index contributed by atoms with van der Waals surface area (Å²) in [6.45, 7) is 0. The van der Waals surface area contributed by atoms with Gasteiger partial charge in [-0.3, -0.25) is 4.79 Å². The fourth-order valence-corrected chi connectivity index (χ4v) is 1.83. The van der Waals surface area contributed by atoms with Crippen LogP contribution < -0.4 is 0 Å². The van der Waals surface area contributed by atoms with Crippen molar-refractivity contribution in [2.75, 3.05) is 0 Å². The van der Waals surface area contributed by atoms with E-state index in [2.05, 4.69) is 0 Å². The summed E-state index contributed by atoms with van der Waals surface area (Å²) in [6, 6.07) is 7.13. The van der Waals surface area contributed by atoms with Crippen molar-refractivity contribution in [1.29, 1.82) is 0 Å². The largest absolute Gasteiger partial charge is 0.481 e. The van der Waals surface area contributed by atoms with Crippen molar-refractivity contribution < 1.29 is 23.1 Å². The lowest BCUT2D eigenvalue weighted by Crippen LogP contribution is -2.04. The van der Waals surface area contributed by atoms with Crippen LogP contribution in [0.15, 0.2) is 36.4 Å². The second kappa shape index (κ2) is 5.14. The van der Waals surface area contributed by atoms with Gasteiger partial charge in [0.05, 0.1) is 6.42 Å². The first-order valence-electron chi connectivity index (χ1n) is 5.43. The van der Waals surface area contributed by atoms with Gasteiger partial charge in [-0.15, -0.1) is 0 Å². The van der Waals surface area contributed by atoms with Gasteiger partial charge in [-0.1, -0.05) is 18.2 Å². The van der Waals surface area contributed by atoms with Crippen LogP contribution in [0.4, 0.5) is 13.2 Å². The zero-order chi connectivity index (χ0) is 14.0. The molecular weight excluding hydrogens is 257 g/mol. The van der Waals surface area contributed by atoms with Gasteiger partial charge in [0.25, 0.3) is 0 Å². The van der Waals surface area contributed by atoms with Crippen LogP contribution in [-0.4, -0.2) is 11.1 Å². The summed E-state index contributed by atoms with van der Waals surface area (Å²) in [5, 5.41) is 8.76. The Balaban J connectivity index is 2.64. The van der Waals surface area contributed by atoms with E-state index >= 15 is 0 Å². The third kappa shape index (κ3) is 2.76. The van der Waals surface area contributed by atoms with E-state index in [0.717, 1.165) is 12.1 Å². The number of rotatable bonds is 3. The molecule has 0 amide bonds. The Morgan fingerprint density at radius 1 is 0.947 bits per heavy atom. The molecule has 0 saturated carbocycles. The SMILES string of the molecule is O=C(O)Cc1cc(F)c(F)cc1-c1ccccc1F. The fourth-order valence-electron chi connectivity index (χ4n) is 1.83. The number of benzene rings is 2. The highest BCUT2D eigenvalue weighted by Gasteiger charge is 2.16. The number of hydrogen-bond acceptors (Lipinski definition) is 1. The molecular formula is C14H9F3O2. The highest BCUT2D eigenvalue weighted by atomic mass is 19.2. The van der Waals surface area contributed by atoms with Gasteiger partial charge in [-0.25, -0.2) is 13.2 Å². The maximum Gasteiger partial charge on any atom is 0.307 e. The summed E-state index contributed by atoms with van der Waals surface area (Å²) in [5.41, 5.74) is 0.105. The lowest BCUT2D eigenvalue weighted by molar-refractivity contribution is -0.136. The van der Waals surface area contributed by atoms with Crippen molar-refractivity contribution in [2.45, 2.75) is 6.42 Å². The van der Waals surface area contributed by atoms with Gasteiger partial charge in [0.1, 0.15) is 5.82 Å². The molecule has 0 aromatic heterocycles. The molecule has 0 bridgehead atoms. The summed E-state index contributed by atoms with van der Waals surface area (Å²) < 4.78 is 40.1. The molecule has 5 heteroatoms. The van der Waals surface area contributed by atoms with Crippen molar-refractivity contribution >= 4 is 5.97 Å². The molecule has 2 rings (SSSR count). The predicted molar refractivity (Wildman–Crippen MR) is 63.1 cm³/mol. The molecule has 2 aromatic carbocycles. The zero-order valence-corrected chi connectivity index (χ0v) is 9.66. The monoisotopic (exact) mass is 266 g/mol. The molecule has 0 saturated heterocycles. The zero-order valence-electron chi connectivity index (χ0n) is 9.66. The normalized spacial score (nSPS) is 10.5. The van der Waals surface area contributed by atoms with E-state index in [0.29, 0.717) is 0 Å². The number of aliphatic carboxylic acids is 1. The molecule has 0 aliphatic heterocycles. The molecule has 1 N–H and O–H groups in total. The van der Waals surface area contributed by atoms with Crippen LogP contribution in [-0.2, 0) is 11.2 Å². The molecule has 98 valence electrons. The van der Waals surface area contributed by atoms with Crippen LogP contribution in [0.25, 0.3) is 11.1 Å². The molecule has 2 nitrogen and oxygen atoms in total. The van der Waals surface area contributed by atoms with Gasteiger partial charge in [0.2, 0.25) is 0 Å². The minimum atomic E-state index is -1.21. The van der Waals surface area contributed by atoms with Crippen LogP contribution in [0.5, 0.6) is 0 Å². The number of halogens is 3. The lowest BCUT2D eigenvalue weighted by Gasteiger charge is -2.10. The Morgan fingerprint density at radius 2 is 1.58 bits per heavy atom. The number of carbonyl (C=O) groups is 1. The minimum absolute atomic E-state index is 0.0245. The van der Waals surface area contributed by atoms with Crippen molar-refractivity contribution in [2.24, 2.45) is 0 Å². The van der Waals surface area contributed by atoms with Gasteiger partial charge >= 0.3 is 5.97 Å². The summed E-state index contributed by atoms with van der Waals surface area (Å²) in [5.74, 6) is -4.13. The van der Waals surface area contributed by atoms with Crippen LogP contribution in [0.1, 0.15) is 5.56 Å². The lowest BCUT2D eigenvalue weighted by atomic mass is 9.97. The number of carboxylic acids is 1. The Morgan fingerprint density at radius 3 is 2.21 bits per heavy atom. The second-order valence-electron chi connectivity index (χ2n) is 3.97. The van der Waals surface area contributed by atoms with Gasteiger partial charge in [-0.2, -0.15) is 0 Å². The van der Waals surface area contributed by atoms with Gasteiger partial charge < -0.3 is 5.11 Å². The van der Waals surface area contributed by atoms with Gasteiger partial charge in [-0.05, 0) is 29.3 Å². The van der Waals surface area contributed by atoms with Crippen molar-refractivity contribution in [3.63, 3.8) is 0 Å². The summed E-state index contributed by atoms with van der Waals surface area (Å²) >= 11 is 0. The maximum atomic E-state index is 13.7. The fraction of sp³-hybridized carbons (Fsp3) is 0.0714.